The summed E-state index contributed by atoms with van der Waals surface area (Å²) in [6.45, 7) is 0. The fourth-order valence-corrected chi connectivity index (χ4v) is 3.28. The molecule has 0 amide bonds. The van der Waals surface area contributed by atoms with Crippen LogP contribution in [0.3, 0.4) is 0 Å². The van der Waals surface area contributed by atoms with E-state index < -0.39 is 13.1 Å². The molecule has 0 aliphatic heterocycles. The minimum absolute atomic E-state index is 0.385. The van der Waals surface area contributed by atoms with Gasteiger partial charge in [0.15, 0.2) is 0 Å². The number of nitrogens with one attached hydrogen (secondary N) is 1. The first-order chi connectivity index (χ1) is 11.7. The van der Waals surface area contributed by atoms with Crippen LogP contribution in [-0.2, 0) is 6.42 Å². The van der Waals surface area contributed by atoms with Crippen LogP contribution in [0.25, 0.3) is 11.0 Å². The SMILES string of the molecule is N#Cc1ccccc1SNC(Cc1coc2ccccc12)B(O)O. The lowest BCUT2D eigenvalue weighted by atomic mass is 9.77. The minimum atomic E-state index is -1.54. The van der Waals surface area contributed by atoms with Crippen molar-refractivity contribution in [1.82, 2.24) is 4.72 Å². The van der Waals surface area contributed by atoms with Crippen molar-refractivity contribution in [3.63, 3.8) is 0 Å². The molecule has 3 N–H and O–H groups in total. The van der Waals surface area contributed by atoms with E-state index in [2.05, 4.69) is 10.8 Å². The fourth-order valence-electron chi connectivity index (χ4n) is 2.42. The van der Waals surface area contributed by atoms with Crippen LogP contribution in [-0.4, -0.2) is 23.1 Å². The molecule has 3 rings (SSSR count). The average molecular weight is 338 g/mol. The Morgan fingerprint density at radius 2 is 1.92 bits per heavy atom. The van der Waals surface area contributed by atoms with Gasteiger partial charge in [-0.1, -0.05) is 30.3 Å². The van der Waals surface area contributed by atoms with Crippen LogP contribution in [0.4, 0.5) is 0 Å². The summed E-state index contributed by atoms with van der Waals surface area (Å²) in [7, 11) is -1.54. The van der Waals surface area contributed by atoms with Gasteiger partial charge in [-0.25, -0.2) is 0 Å². The molecule has 7 heteroatoms. The summed E-state index contributed by atoms with van der Waals surface area (Å²) in [6, 6.07) is 16.9. The maximum absolute atomic E-state index is 9.67. The molecule has 0 fully saturated rings. The first-order valence-electron chi connectivity index (χ1n) is 7.42. The summed E-state index contributed by atoms with van der Waals surface area (Å²) in [5, 5.41) is 29.4. The van der Waals surface area contributed by atoms with E-state index in [0.717, 1.165) is 21.4 Å². The monoisotopic (exact) mass is 338 g/mol. The normalized spacial score (nSPS) is 12.0. The number of hydrogen-bond donors (Lipinski definition) is 3. The first kappa shape index (κ1) is 16.6. The Hall–Kier alpha value is -2.24. The first-order valence-corrected chi connectivity index (χ1v) is 8.23. The van der Waals surface area contributed by atoms with Gasteiger partial charge in [-0.05, 0) is 42.1 Å². The number of nitrogens with zero attached hydrogens (tertiary/aromatic N) is 1. The van der Waals surface area contributed by atoms with E-state index in [1.165, 1.54) is 11.9 Å². The summed E-state index contributed by atoms with van der Waals surface area (Å²) in [4.78, 5) is 0.739. The third-order valence-electron chi connectivity index (χ3n) is 3.69. The molecule has 2 aromatic carbocycles. The van der Waals surface area contributed by atoms with Crippen LogP contribution in [0.5, 0.6) is 0 Å². The molecule has 24 heavy (non-hydrogen) atoms. The highest BCUT2D eigenvalue weighted by atomic mass is 32.2. The highest BCUT2D eigenvalue weighted by molar-refractivity contribution is 7.97. The molecule has 0 saturated heterocycles. The number of benzene rings is 2. The van der Waals surface area contributed by atoms with Gasteiger partial charge in [0.05, 0.1) is 17.8 Å². The largest absolute Gasteiger partial charge is 0.470 e. The zero-order valence-corrected chi connectivity index (χ0v) is 13.5. The van der Waals surface area contributed by atoms with E-state index in [4.69, 9.17) is 9.68 Å². The predicted molar refractivity (Wildman–Crippen MR) is 94.0 cm³/mol. The third-order valence-corrected chi connectivity index (χ3v) is 4.69. The Balaban J connectivity index is 1.75. The van der Waals surface area contributed by atoms with Crippen LogP contribution in [0, 0.1) is 11.3 Å². The molecule has 1 unspecified atom stereocenters. The van der Waals surface area contributed by atoms with E-state index in [1.807, 2.05) is 36.4 Å². The quantitative estimate of drug-likeness (QED) is 0.473. The minimum Gasteiger partial charge on any atom is -0.464 e. The average Bonchev–Trinajstić information content (AvgIpc) is 3.01. The van der Waals surface area contributed by atoms with Crippen molar-refractivity contribution in [3.05, 3.63) is 65.9 Å². The van der Waals surface area contributed by atoms with E-state index in [-0.39, 0.29) is 0 Å². The Morgan fingerprint density at radius 1 is 1.17 bits per heavy atom. The van der Waals surface area contributed by atoms with Crippen molar-refractivity contribution in [2.45, 2.75) is 17.3 Å². The predicted octanol–water partition coefficient (Wildman–Crippen LogP) is 2.52. The van der Waals surface area contributed by atoms with Gasteiger partial charge in [-0.3, -0.25) is 4.72 Å². The standard InChI is InChI=1S/C17H15BN2O3S/c19-10-12-5-1-4-8-16(12)24-20-17(18(21)22)9-13-11-23-15-7-3-2-6-14(13)15/h1-8,11,17,20-22H,9H2. The molecule has 0 radical (unpaired) electrons. The Labute approximate surface area is 144 Å². The van der Waals surface area contributed by atoms with E-state index in [0.29, 0.717) is 12.0 Å². The van der Waals surface area contributed by atoms with E-state index in [9.17, 15) is 10.0 Å². The van der Waals surface area contributed by atoms with Crippen molar-refractivity contribution < 1.29 is 14.5 Å². The van der Waals surface area contributed by atoms with Crippen LogP contribution >= 0.6 is 11.9 Å². The van der Waals surface area contributed by atoms with Crippen molar-refractivity contribution in [2.75, 3.05) is 0 Å². The molecule has 120 valence electrons. The molecule has 1 atom stereocenters. The molecule has 0 saturated carbocycles. The van der Waals surface area contributed by atoms with Crippen LogP contribution in [0.1, 0.15) is 11.1 Å². The number of rotatable bonds is 6. The molecular weight excluding hydrogens is 323 g/mol. The second kappa shape index (κ2) is 7.56. The van der Waals surface area contributed by atoms with Crippen molar-refractivity contribution in [1.29, 1.82) is 5.26 Å². The van der Waals surface area contributed by atoms with Gasteiger partial charge in [0.1, 0.15) is 11.7 Å². The number of hydrogen-bond acceptors (Lipinski definition) is 6. The summed E-state index contributed by atoms with van der Waals surface area (Å²) in [5.41, 5.74) is 2.20. The Kier molecular flexibility index (Phi) is 5.23. The van der Waals surface area contributed by atoms with Gasteiger partial charge >= 0.3 is 7.12 Å². The van der Waals surface area contributed by atoms with Gasteiger partial charge < -0.3 is 14.5 Å². The molecule has 0 aliphatic rings. The molecule has 5 nitrogen and oxygen atoms in total. The van der Waals surface area contributed by atoms with Crippen molar-refractivity contribution in [3.8, 4) is 6.07 Å². The topological polar surface area (TPSA) is 89.4 Å². The molecule has 0 bridgehead atoms. The van der Waals surface area contributed by atoms with Gasteiger partial charge in [0, 0.05) is 10.3 Å². The highest BCUT2D eigenvalue weighted by Gasteiger charge is 2.25. The van der Waals surface area contributed by atoms with Crippen molar-refractivity contribution >= 4 is 30.0 Å². The lowest BCUT2D eigenvalue weighted by molar-refractivity contribution is 0.382. The zero-order chi connectivity index (χ0) is 16.9. The molecule has 0 aliphatic carbocycles. The number of furan rings is 1. The van der Waals surface area contributed by atoms with Gasteiger partial charge in [0.25, 0.3) is 0 Å². The van der Waals surface area contributed by atoms with Crippen molar-refractivity contribution in [2.24, 2.45) is 0 Å². The maximum atomic E-state index is 9.67. The molecule has 3 aromatic rings. The second-order valence-electron chi connectivity index (χ2n) is 5.31. The second-order valence-corrected chi connectivity index (χ2v) is 6.19. The molecule has 1 aromatic heterocycles. The molecule has 0 spiro atoms. The maximum Gasteiger partial charge on any atom is 0.470 e. The van der Waals surface area contributed by atoms with E-state index in [1.54, 1.807) is 18.4 Å². The van der Waals surface area contributed by atoms with Gasteiger partial charge in [-0.2, -0.15) is 5.26 Å². The van der Waals surface area contributed by atoms with Crippen LogP contribution in [0.2, 0.25) is 0 Å². The molecule has 1 heterocycles. The summed E-state index contributed by atoms with van der Waals surface area (Å²) in [6.07, 6.45) is 2.02. The van der Waals surface area contributed by atoms with Gasteiger partial charge in [-0.15, -0.1) is 0 Å². The zero-order valence-electron chi connectivity index (χ0n) is 12.7. The Bertz CT molecular complexity index is 875. The van der Waals surface area contributed by atoms with Gasteiger partial charge in [0.2, 0.25) is 0 Å². The third kappa shape index (κ3) is 3.63. The number of nitriles is 1. The smallest absolute Gasteiger partial charge is 0.464 e. The fraction of sp³-hybridized carbons (Fsp3) is 0.118. The summed E-state index contributed by atoms with van der Waals surface area (Å²) < 4.78 is 8.53. The van der Waals surface area contributed by atoms with Crippen LogP contribution < -0.4 is 4.72 Å². The number of para-hydroxylation sites is 1. The molecular formula is C17H15BN2O3S. The van der Waals surface area contributed by atoms with E-state index >= 15 is 0 Å². The number of fused-ring (bicyclic) bond motifs is 1. The summed E-state index contributed by atoms with van der Waals surface area (Å²) in [5.74, 6) is -0.609. The lowest BCUT2D eigenvalue weighted by Crippen LogP contribution is -2.42. The summed E-state index contributed by atoms with van der Waals surface area (Å²) >= 11 is 1.21. The Morgan fingerprint density at radius 3 is 2.71 bits per heavy atom. The highest BCUT2D eigenvalue weighted by Crippen LogP contribution is 2.24. The van der Waals surface area contributed by atoms with Crippen LogP contribution in [0.15, 0.2) is 64.1 Å². The lowest BCUT2D eigenvalue weighted by Gasteiger charge is -2.16.